The molecule has 0 saturated heterocycles. The number of allylic oxidation sites excluding steroid dienone is 1. The molecule has 0 bridgehead atoms. The summed E-state index contributed by atoms with van der Waals surface area (Å²) in [5, 5.41) is 13.5. The summed E-state index contributed by atoms with van der Waals surface area (Å²) < 4.78 is 6.20. The van der Waals surface area contributed by atoms with E-state index in [1.54, 1.807) is 6.07 Å². The highest BCUT2D eigenvalue weighted by Crippen LogP contribution is 2.60. The van der Waals surface area contributed by atoms with E-state index in [1.807, 2.05) is 7.05 Å². The first-order valence-electron chi connectivity index (χ1n) is 7.60. The van der Waals surface area contributed by atoms with Crippen LogP contribution in [-0.2, 0) is 11.8 Å². The number of benzene rings is 1. The van der Waals surface area contributed by atoms with Crippen LogP contribution in [0.5, 0.6) is 11.5 Å². The standard InChI is InChI=1S/C17H21NO2/c1-18-10-9-17-12-3-2-4-14(17)20-16-13(19)8-6-11(5-7-12)15(16)17/h2-3,6,8,12,14,18-19H,4-5,7,9-10H2,1H3/t12?,14?,17-/m1/s1. The summed E-state index contributed by atoms with van der Waals surface area (Å²) in [4.78, 5) is 0. The van der Waals surface area contributed by atoms with Crippen LogP contribution in [0.15, 0.2) is 24.3 Å². The molecule has 4 rings (SSSR count). The van der Waals surface area contributed by atoms with Crippen molar-refractivity contribution in [1.82, 2.24) is 5.32 Å². The number of aromatic hydroxyl groups is 1. The molecule has 2 unspecified atom stereocenters. The predicted molar refractivity (Wildman–Crippen MR) is 78.3 cm³/mol. The molecule has 2 N–H and O–H groups in total. The van der Waals surface area contributed by atoms with Crippen molar-refractivity contribution in [2.45, 2.75) is 37.2 Å². The van der Waals surface area contributed by atoms with Gasteiger partial charge in [0.1, 0.15) is 6.10 Å². The molecule has 0 amide bonds. The summed E-state index contributed by atoms with van der Waals surface area (Å²) >= 11 is 0. The highest BCUT2D eigenvalue weighted by molar-refractivity contribution is 5.60. The Kier molecular flexibility index (Phi) is 2.61. The lowest BCUT2D eigenvalue weighted by Gasteiger charge is -2.45. The number of hydrogen-bond acceptors (Lipinski definition) is 3. The molecule has 3 atom stereocenters. The van der Waals surface area contributed by atoms with Gasteiger partial charge in [0.25, 0.3) is 0 Å². The van der Waals surface area contributed by atoms with Gasteiger partial charge in [0, 0.05) is 17.4 Å². The Hall–Kier alpha value is -1.48. The molecule has 1 heterocycles. The van der Waals surface area contributed by atoms with Crippen LogP contribution in [0.4, 0.5) is 0 Å². The van der Waals surface area contributed by atoms with E-state index >= 15 is 0 Å². The van der Waals surface area contributed by atoms with Crippen LogP contribution in [0.25, 0.3) is 0 Å². The van der Waals surface area contributed by atoms with Crippen molar-refractivity contribution in [3.05, 3.63) is 35.4 Å². The maximum absolute atomic E-state index is 10.2. The van der Waals surface area contributed by atoms with Crippen molar-refractivity contribution < 1.29 is 9.84 Å². The van der Waals surface area contributed by atoms with E-state index in [9.17, 15) is 5.11 Å². The van der Waals surface area contributed by atoms with E-state index < -0.39 is 0 Å². The molecular formula is C17H21NO2. The Bertz CT molecular complexity index is 581. The Morgan fingerprint density at radius 3 is 3.20 bits per heavy atom. The normalized spacial score (nSPS) is 32.9. The quantitative estimate of drug-likeness (QED) is 0.830. The number of phenols is 1. The number of nitrogens with one attached hydrogen (secondary N) is 1. The van der Waals surface area contributed by atoms with Crippen molar-refractivity contribution in [2.75, 3.05) is 13.6 Å². The second kappa shape index (κ2) is 4.26. The zero-order valence-electron chi connectivity index (χ0n) is 11.9. The summed E-state index contributed by atoms with van der Waals surface area (Å²) in [6.07, 6.45) is 9.15. The van der Waals surface area contributed by atoms with Gasteiger partial charge in [0.15, 0.2) is 11.5 Å². The minimum absolute atomic E-state index is 0.0689. The topological polar surface area (TPSA) is 41.5 Å². The lowest BCUT2D eigenvalue weighted by molar-refractivity contribution is 0.0909. The third-order valence-corrected chi connectivity index (χ3v) is 5.42. The number of hydrogen-bond donors (Lipinski definition) is 2. The molecule has 0 radical (unpaired) electrons. The van der Waals surface area contributed by atoms with Gasteiger partial charge in [-0.05, 0) is 50.4 Å². The lowest BCUT2D eigenvalue weighted by Crippen LogP contribution is -2.49. The van der Waals surface area contributed by atoms with Crippen LogP contribution in [0.1, 0.15) is 30.4 Å². The van der Waals surface area contributed by atoms with Crippen LogP contribution in [0.2, 0.25) is 0 Å². The van der Waals surface area contributed by atoms with E-state index in [1.165, 1.54) is 17.5 Å². The van der Waals surface area contributed by atoms with Gasteiger partial charge in [0.05, 0.1) is 0 Å². The third kappa shape index (κ3) is 1.39. The Labute approximate surface area is 119 Å². The summed E-state index contributed by atoms with van der Waals surface area (Å²) in [6.45, 7) is 0.985. The first-order valence-corrected chi connectivity index (χ1v) is 7.60. The van der Waals surface area contributed by atoms with Crippen molar-refractivity contribution in [3.8, 4) is 11.5 Å². The monoisotopic (exact) mass is 271 g/mol. The maximum atomic E-state index is 10.2. The van der Waals surface area contributed by atoms with E-state index in [2.05, 4.69) is 23.5 Å². The second-order valence-electron chi connectivity index (χ2n) is 6.26. The molecule has 1 aromatic rings. The molecular weight excluding hydrogens is 250 g/mol. The van der Waals surface area contributed by atoms with Gasteiger partial charge < -0.3 is 15.2 Å². The molecule has 0 fully saturated rings. The number of phenolic OH excluding ortho intramolecular Hbond substituents is 1. The van der Waals surface area contributed by atoms with Gasteiger partial charge in [0.2, 0.25) is 0 Å². The number of aryl methyl sites for hydroxylation is 1. The lowest BCUT2D eigenvalue weighted by atomic mass is 9.57. The Morgan fingerprint density at radius 2 is 2.35 bits per heavy atom. The predicted octanol–water partition coefficient (Wildman–Crippen LogP) is 2.52. The zero-order chi connectivity index (χ0) is 13.7. The van der Waals surface area contributed by atoms with Crippen LogP contribution in [0, 0.1) is 5.92 Å². The third-order valence-electron chi connectivity index (χ3n) is 5.42. The van der Waals surface area contributed by atoms with Gasteiger partial charge in [-0.1, -0.05) is 18.2 Å². The molecule has 0 aromatic heterocycles. The van der Waals surface area contributed by atoms with Crippen molar-refractivity contribution in [2.24, 2.45) is 5.92 Å². The van der Waals surface area contributed by atoms with Gasteiger partial charge in [-0.15, -0.1) is 0 Å². The number of rotatable bonds is 3. The average Bonchev–Trinajstić information content (AvgIpc) is 2.82. The molecule has 0 spiro atoms. The average molecular weight is 271 g/mol. The highest BCUT2D eigenvalue weighted by Gasteiger charge is 2.56. The first kappa shape index (κ1) is 12.3. The highest BCUT2D eigenvalue weighted by atomic mass is 16.5. The Balaban J connectivity index is 1.93. The van der Waals surface area contributed by atoms with Crippen LogP contribution in [0.3, 0.4) is 0 Å². The van der Waals surface area contributed by atoms with E-state index in [0.29, 0.717) is 11.7 Å². The van der Waals surface area contributed by atoms with E-state index in [4.69, 9.17) is 4.74 Å². The fourth-order valence-corrected chi connectivity index (χ4v) is 4.55. The van der Waals surface area contributed by atoms with E-state index in [-0.39, 0.29) is 11.5 Å². The molecule has 1 aromatic carbocycles. The number of ether oxygens (including phenoxy) is 1. The van der Waals surface area contributed by atoms with Gasteiger partial charge >= 0.3 is 0 Å². The molecule has 3 nitrogen and oxygen atoms in total. The SMILES string of the molecule is CNCC[C@]12c3c4ccc(O)c3OC1CC=CC2CC4. The van der Waals surface area contributed by atoms with Gasteiger partial charge in [-0.2, -0.15) is 0 Å². The van der Waals surface area contributed by atoms with Crippen LogP contribution < -0.4 is 10.1 Å². The molecule has 2 aliphatic carbocycles. The second-order valence-corrected chi connectivity index (χ2v) is 6.26. The molecule has 3 heteroatoms. The van der Waals surface area contributed by atoms with Crippen molar-refractivity contribution >= 4 is 0 Å². The van der Waals surface area contributed by atoms with Crippen molar-refractivity contribution in [3.63, 3.8) is 0 Å². The largest absolute Gasteiger partial charge is 0.504 e. The van der Waals surface area contributed by atoms with E-state index in [0.717, 1.165) is 31.6 Å². The summed E-state index contributed by atoms with van der Waals surface area (Å²) in [5.74, 6) is 1.62. The molecule has 106 valence electrons. The van der Waals surface area contributed by atoms with Crippen LogP contribution in [-0.4, -0.2) is 24.8 Å². The molecule has 3 aliphatic rings. The molecule has 1 aliphatic heterocycles. The zero-order valence-corrected chi connectivity index (χ0v) is 11.9. The first-order chi connectivity index (χ1) is 9.77. The smallest absolute Gasteiger partial charge is 0.165 e. The summed E-state index contributed by atoms with van der Waals surface area (Å²) in [6, 6.07) is 3.89. The Morgan fingerprint density at radius 1 is 1.45 bits per heavy atom. The summed E-state index contributed by atoms with van der Waals surface area (Å²) in [7, 11) is 2.01. The van der Waals surface area contributed by atoms with Gasteiger partial charge in [-0.3, -0.25) is 0 Å². The maximum Gasteiger partial charge on any atom is 0.165 e. The van der Waals surface area contributed by atoms with Crippen LogP contribution >= 0.6 is 0 Å². The summed E-state index contributed by atoms with van der Waals surface area (Å²) in [5.41, 5.74) is 2.75. The fourth-order valence-electron chi connectivity index (χ4n) is 4.55. The van der Waals surface area contributed by atoms with Crippen molar-refractivity contribution in [1.29, 1.82) is 0 Å². The minimum atomic E-state index is 0.0689. The minimum Gasteiger partial charge on any atom is -0.504 e. The molecule has 20 heavy (non-hydrogen) atoms. The molecule has 0 saturated carbocycles. The van der Waals surface area contributed by atoms with Gasteiger partial charge in [-0.25, -0.2) is 0 Å². The fraction of sp³-hybridized carbons (Fsp3) is 0.529.